The van der Waals surface area contributed by atoms with E-state index in [1.54, 1.807) is 0 Å². The minimum atomic E-state index is -3.86. The molecule has 0 saturated heterocycles. The third-order valence-corrected chi connectivity index (χ3v) is 4.22. The van der Waals surface area contributed by atoms with Crippen LogP contribution >= 0.6 is 0 Å². The smallest absolute Gasteiger partial charge is 0.335 e. The number of benzene rings is 1. The number of nitrogens with one attached hydrogen (secondary N) is 2. The van der Waals surface area contributed by atoms with E-state index >= 15 is 0 Å². The second kappa shape index (κ2) is 7.92. The van der Waals surface area contributed by atoms with Crippen LogP contribution in [0.5, 0.6) is 0 Å². The lowest BCUT2D eigenvalue weighted by Gasteiger charge is -2.18. The molecule has 0 aromatic heterocycles. The highest BCUT2D eigenvalue weighted by atomic mass is 32.2. The van der Waals surface area contributed by atoms with Crippen molar-refractivity contribution in [3.05, 3.63) is 36.4 Å². The number of ether oxygens (including phenoxy) is 1. The summed E-state index contributed by atoms with van der Waals surface area (Å²) in [6.07, 6.45) is 1.40. The summed E-state index contributed by atoms with van der Waals surface area (Å²) in [5.41, 5.74) is 0.204. The van der Waals surface area contributed by atoms with Crippen molar-refractivity contribution in [3.8, 4) is 0 Å². The van der Waals surface area contributed by atoms with Crippen molar-refractivity contribution in [2.45, 2.75) is 17.9 Å². The Labute approximate surface area is 130 Å². The van der Waals surface area contributed by atoms with E-state index in [2.05, 4.69) is 16.6 Å². The minimum absolute atomic E-state index is 0.0483. The Morgan fingerprint density at radius 1 is 1.50 bits per heavy atom. The van der Waals surface area contributed by atoms with E-state index in [1.165, 1.54) is 25.3 Å². The Morgan fingerprint density at radius 2 is 2.18 bits per heavy atom. The van der Waals surface area contributed by atoms with Gasteiger partial charge < -0.3 is 15.2 Å². The molecule has 0 saturated carbocycles. The van der Waals surface area contributed by atoms with Gasteiger partial charge in [-0.3, -0.25) is 0 Å². The van der Waals surface area contributed by atoms with Crippen LogP contribution in [0, 0.1) is 0 Å². The van der Waals surface area contributed by atoms with Crippen molar-refractivity contribution < 1.29 is 23.1 Å². The van der Waals surface area contributed by atoms with Gasteiger partial charge >= 0.3 is 5.97 Å². The Balaban J connectivity index is 3.26. The number of carboxylic acid groups (broad SMARTS) is 1. The molecule has 0 amide bonds. The molecule has 7 nitrogen and oxygen atoms in total. The molecular formula is C14H20N2O5S. The van der Waals surface area contributed by atoms with Crippen molar-refractivity contribution in [3.63, 3.8) is 0 Å². The molecule has 0 aliphatic heterocycles. The zero-order valence-corrected chi connectivity index (χ0v) is 13.3. The first kappa shape index (κ1) is 18.1. The summed E-state index contributed by atoms with van der Waals surface area (Å²) in [6.45, 7) is 5.69. The molecule has 1 aromatic rings. The first-order valence-electron chi connectivity index (χ1n) is 6.55. The van der Waals surface area contributed by atoms with Crippen molar-refractivity contribution in [2.24, 2.45) is 0 Å². The van der Waals surface area contributed by atoms with Crippen LogP contribution in [0.4, 0.5) is 5.69 Å². The van der Waals surface area contributed by atoms with Gasteiger partial charge in [-0.1, -0.05) is 6.08 Å². The molecule has 0 fully saturated rings. The third-order valence-electron chi connectivity index (χ3n) is 2.75. The Morgan fingerprint density at radius 3 is 2.73 bits per heavy atom. The fraction of sp³-hybridized carbons (Fsp3) is 0.357. The summed E-state index contributed by atoms with van der Waals surface area (Å²) < 4.78 is 31.9. The second-order valence-electron chi connectivity index (χ2n) is 4.66. The van der Waals surface area contributed by atoms with Gasteiger partial charge in [-0.2, -0.15) is 0 Å². The third kappa shape index (κ3) is 4.83. The van der Waals surface area contributed by atoms with Gasteiger partial charge in [0.25, 0.3) is 0 Å². The highest BCUT2D eigenvalue weighted by molar-refractivity contribution is 7.89. The molecule has 0 unspecified atom stereocenters. The van der Waals surface area contributed by atoms with E-state index in [4.69, 9.17) is 9.84 Å². The van der Waals surface area contributed by atoms with Crippen molar-refractivity contribution >= 4 is 21.7 Å². The van der Waals surface area contributed by atoms with Crippen LogP contribution in [0.25, 0.3) is 0 Å². The average Bonchev–Trinajstić information content (AvgIpc) is 2.45. The van der Waals surface area contributed by atoms with Gasteiger partial charge in [0, 0.05) is 19.7 Å². The fourth-order valence-electron chi connectivity index (χ4n) is 1.80. The Bertz CT molecular complexity index is 643. The van der Waals surface area contributed by atoms with Gasteiger partial charge in [0.2, 0.25) is 10.0 Å². The van der Waals surface area contributed by atoms with Gasteiger partial charge in [-0.15, -0.1) is 6.58 Å². The highest BCUT2D eigenvalue weighted by Crippen LogP contribution is 2.23. The van der Waals surface area contributed by atoms with E-state index in [1.807, 2.05) is 6.92 Å². The molecule has 22 heavy (non-hydrogen) atoms. The molecule has 0 aliphatic rings. The molecular weight excluding hydrogens is 308 g/mol. The van der Waals surface area contributed by atoms with Gasteiger partial charge in [0.05, 0.1) is 17.9 Å². The lowest BCUT2D eigenvalue weighted by Crippen LogP contribution is -2.27. The van der Waals surface area contributed by atoms with Gasteiger partial charge in [0.15, 0.2) is 0 Å². The molecule has 1 atom stereocenters. The van der Waals surface area contributed by atoms with Crippen molar-refractivity contribution in [1.29, 1.82) is 0 Å². The predicted octanol–water partition coefficient (Wildman–Crippen LogP) is 1.30. The van der Waals surface area contributed by atoms with Crippen molar-refractivity contribution in [1.82, 2.24) is 4.72 Å². The van der Waals surface area contributed by atoms with Gasteiger partial charge in [-0.05, 0) is 25.1 Å². The number of sulfonamides is 1. The molecule has 0 radical (unpaired) electrons. The first-order chi connectivity index (χ1) is 10.3. The number of hydrogen-bond donors (Lipinski definition) is 3. The zero-order valence-electron chi connectivity index (χ0n) is 12.5. The maximum Gasteiger partial charge on any atom is 0.335 e. The van der Waals surface area contributed by atoms with Crippen LogP contribution in [0.1, 0.15) is 17.3 Å². The monoisotopic (exact) mass is 328 g/mol. The maximum atomic E-state index is 12.3. The van der Waals surface area contributed by atoms with E-state index < -0.39 is 16.0 Å². The molecule has 1 rings (SSSR count). The fourth-order valence-corrected chi connectivity index (χ4v) is 2.99. The number of carboxylic acids is 1. The number of carbonyl (C=O) groups is 1. The number of methoxy groups -OCH3 is 1. The molecule has 0 spiro atoms. The van der Waals surface area contributed by atoms with Crippen molar-refractivity contribution in [2.75, 3.05) is 25.6 Å². The normalized spacial score (nSPS) is 12.6. The van der Waals surface area contributed by atoms with Crippen LogP contribution < -0.4 is 10.0 Å². The summed E-state index contributed by atoms with van der Waals surface area (Å²) in [5.74, 6) is -1.20. The molecule has 8 heteroatoms. The van der Waals surface area contributed by atoms with Crippen LogP contribution in [0.3, 0.4) is 0 Å². The Kier molecular flexibility index (Phi) is 6.54. The Hall–Kier alpha value is -1.90. The van der Waals surface area contributed by atoms with E-state index in [-0.39, 0.29) is 23.0 Å². The van der Waals surface area contributed by atoms with Crippen LogP contribution in [0.2, 0.25) is 0 Å². The lowest BCUT2D eigenvalue weighted by molar-refractivity contribution is 0.0696. The van der Waals surface area contributed by atoms with Gasteiger partial charge in [-0.25, -0.2) is 17.9 Å². The minimum Gasteiger partial charge on any atom is -0.478 e. The zero-order chi connectivity index (χ0) is 16.8. The lowest BCUT2D eigenvalue weighted by atomic mass is 10.2. The summed E-state index contributed by atoms with van der Waals surface area (Å²) in [6, 6.07) is 3.75. The molecule has 0 heterocycles. The number of rotatable bonds is 9. The molecule has 0 bridgehead atoms. The summed E-state index contributed by atoms with van der Waals surface area (Å²) >= 11 is 0. The summed E-state index contributed by atoms with van der Waals surface area (Å²) in [7, 11) is -2.32. The predicted molar refractivity (Wildman–Crippen MR) is 83.7 cm³/mol. The standard InChI is InChI=1S/C14H20N2O5S/c1-4-7-15-22(19,20)13-8-11(14(17)18)5-6-12(13)16-10(2)9-21-3/h4-6,8,10,15-16H,1,7,9H2,2-3H3,(H,17,18)/t10-/m0/s1. The quantitative estimate of drug-likeness (QED) is 0.590. The molecule has 3 N–H and O–H groups in total. The number of aromatic carboxylic acids is 1. The number of anilines is 1. The summed E-state index contributed by atoms with van der Waals surface area (Å²) in [5, 5.41) is 12.0. The highest BCUT2D eigenvalue weighted by Gasteiger charge is 2.21. The maximum absolute atomic E-state index is 12.3. The first-order valence-corrected chi connectivity index (χ1v) is 8.03. The number of hydrogen-bond acceptors (Lipinski definition) is 5. The van der Waals surface area contributed by atoms with E-state index in [9.17, 15) is 13.2 Å². The second-order valence-corrected chi connectivity index (χ2v) is 6.39. The SMILES string of the molecule is C=CCNS(=O)(=O)c1cc(C(=O)O)ccc1N[C@@H](C)COC. The van der Waals surface area contributed by atoms with Crippen LogP contribution in [-0.4, -0.2) is 45.8 Å². The largest absolute Gasteiger partial charge is 0.478 e. The van der Waals surface area contributed by atoms with E-state index in [0.717, 1.165) is 6.07 Å². The topological polar surface area (TPSA) is 105 Å². The van der Waals surface area contributed by atoms with Crippen LogP contribution in [-0.2, 0) is 14.8 Å². The van der Waals surface area contributed by atoms with E-state index in [0.29, 0.717) is 12.3 Å². The molecule has 0 aliphatic carbocycles. The average molecular weight is 328 g/mol. The summed E-state index contributed by atoms with van der Waals surface area (Å²) in [4.78, 5) is 10.9. The molecule has 122 valence electrons. The van der Waals surface area contributed by atoms with Gasteiger partial charge in [0.1, 0.15) is 4.90 Å². The molecule has 1 aromatic carbocycles. The van der Waals surface area contributed by atoms with Crippen LogP contribution in [0.15, 0.2) is 35.7 Å².